The number of nitrogens with two attached hydrogens (primary N) is 1. The zero-order valence-corrected chi connectivity index (χ0v) is 22.1. The van der Waals surface area contributed by atoms with Gasteiger partial charge in [0.2, 0.25) is 6.41 Å². The van der Waals surface area contributed by atoms with Crippen LogP contribution in [0.2, 0.25) is 0 Å². The number of pyridine rings is 1. The summed E-state index contributed by atoms with van der Waals surface area (Å²) in [5, 5.41) is 4.30. The molecule has 1 aliphatic heterocycles. The lowest BCUT2D eigenvalue weighted by Gasteiger charge is -2.44. The van der Waals surface area contributed by atoms with Crippen molar-refractivity contribution < 1.29 is 27.5 Å². The highest BCUT2D eigenvalue weighted by atomic mass is 35.5. The number of amides is 2. The van der Waals surface area contributed by atoms with E-state index in [1.807, 2.05) is 11.8 Å². The largest absolute Gasteiger partial charge is 0.573 e. The van der Waals surface area contributed by atoms with Gasteiger partial charge in [0.1, 0.15) is 5.75 Å². The Morgan fingerprint density at radius 3 is 2.65 bits per heavy atom. The number of fused-ring (bicyclic) bond motifs is 1. The van der Waals surface area contributed by atoms with Gasteiger partial charge in [-0.3, -0.25) is 19.5 Å². The van der Waals surface area contributed by atoms with Gasteiger partial charge in [-0.1, -0.05) is 6.92 Å². The summed E-state index contributed by atoms with van der Waals surface area (Å²) in [6.07, 6.45) is 4.18. The summed E-state index contributed by atoms with van der Waals surface area (Å²) < 4.78 is 43.4. The highest BCUT2D eigenvalue weighted by molar-refractivity contribution is 6.20. The molecule has 0 bridgehead atoms. The smallest absolute Gasteiger partial charge is 0.406 e. The normalized spacial score (nSPS) is 22.3. The fraction of sp³-hybridized carbons (Fsp3) is 0.333. The van der Waals surface area contributed by atoms with Crippen LogP contribution in [0.3, 0.4) is 0 Å². The molecule has 0 saturated carbocycles. The number of hydrogen-bond donors (Lipinski definition) is 1. The van der Waals surface area contributed by atoms with Crippen LogP contribution in [-0.4, -0.2) is 55.2 Å². The van der Waals surface area contributed by atoms with Crippen molar-refractivity contribution in [1.29, 1.82) is 0 Å². The number of benzene rings is 1. The second-order valence-electron chi connectivity index (χ2n) is 9.63. The maximum Gasteiger partial charge on any atom is 0.573 e. The number of primary amides is 1. The topological polar surface area (TPSA) is 107 Å². The Labute approximate surface area is 233 Å². The van der Waals surface area contributed by atoms with Gasteiger partial charge in [-0.25, -0.2) is 4.68 Å². The van der Waals surface area contributed by atoms with E-state index >= 15 is 0 Å². The van der Waals surface area contributed by atoms with Crippen LogP contribution in [0.1, 0.15) is 53.0 Å². The number of halogens is 4. The van der Waals surface area contributed by atoms with Crippen molar-refractivity contribution in [1.82, 2.24) is 24.6 Å². The predicted molar refractivity (Wildman–Crippen MR) is 139 cm³/mol. The third-order valence-corrected chi connectivity index (χ3v) is 7.73. The molecule has 0 spiro atoms. The van der Waals surface area contributed by atoms with Crippen LogP contribution in [0, 0.1) is 0 Å². The van der Waals surface area contributed by atoms with E-state index in [2.05, 4.69) is 14.8 Å². The summed E-state index contributed by atoms with van der Waals surface area (Å²) in [5.74, 6) is -1.09. The van der Waals surface area contributed by atoms with E-state index in [1.165, 1.54) is 29.2 Å². The van der Waals surface area contributed by atoms with Gasteiger partial charge in [-0.05, 0) is 54.8 Å². The molecule has 3 heterocycles. The van der Waals surface area contributed by atoms with Crippen LogP contribution >= 0.6 is 11.6 Å². The Kier molecular flexibility index (Phi) is 7.21. The van der Waals surface area contributed by atoms with Crippen LogP contribution in [-0.2, 0) is 16.9 Å². The molecule has 13 heteroatoms. The second kappa shape index (κ2) is 10.5. The zero-order valence-electron chi connectivity index (χ0n) is 21.4. The monoisotopic (exact) mass is 574 g/mol. The average Bonchev–Trinajstić information content (AvgIpc) is 3.50. The fourth-order valence-electron chi connectivity index (χ4n) is 5.70. The lowest BCUT2D eigenvalue weighted by Crippen LogP contribution is -2.52. The highest BCUT2D eigenvalue weighted by Gasteiger charge is 2.48. The lowest BCUT2D eigenvalue weighted by atomic mass is 9.85. The molecule has 2 amide bonds. The Hall–Kier alpha value is -4.06. The highest BCUT2D eigenvalue weighted by Crippen LogP contribution is 2.44. The van der Waals surface area contributed by atoms with Crippen molar-refractivity contribution in [3.05, 3.63) is 83.7 Å². The first-order valence-electron chi connectivity index (χ1n) is 12.6. The SMILES string of the molecule is CCC1(c2ncccc2C(N)=O)N(C=O)C=CN1CC1CC(Cl)Cc2c1cnn2-c1ccc(OC(F)(F)F)cc1. The van der Waals surface area contributed by atoms with Gasteiger partial charge in [-0.2, -0.15) is 5.10 Å². The molecule has 1 aliphatic carbocycles. The van der Waals surface area contributed by atoms with Crippen molar-refractivity contribution in [2.45, 2.75) is 49.5 Å². The van der Waals surface area contributed by atoms with Gasteiger partial charge >= 0.3 is 6.36 Å². The van der Waals surface area contributed by atoms with Gasteiger partial charge in [0.15, 0.2) is 5.66 Å². The molecule has 2 aromatic heterocycles. The summed E-state index contributed by atoms with van der Waals surface area (Å²) in [6.45, 7) is 2.32. The van der Waals surface area contributed by atoms with Crippen LogP contribution in [0.5, 0.6) is 5.75 Å². The van der Waals surface area contributed by atoms with Crippen LogP contribution in [0.25, 0.3) is 5.69 Å². The number of carbonyl (C=O) groups excluding carboxylic acids is 2. The van der Waals surface area contributed by atoms with E-state index in [1.54, 1.807) is 41.6 Å². The predicted octanol–water partition coefficient (Wildman–Crippen LogP) is 4.41. The zero-order chi connectivity index (χ0) is 28.7. The van der Waals surface area contributed by atoms with Crippen molar-refractivity contribution in [3.63, 3.8) is 0 Å². The third kappa shape index (κ3) is 4.87. The summed E-state index contributed by atoms with van der Waals surface area (Å²) in [7, 11) is 0. The molecule has 0 saturated heterocycles. The minimum absolute atomic E-state index is 0.115. The average molecular weight is 575 g/mol. The Morgan fingerprint density at radius 2 is 2.00 bits per heavy atom. The number of aromatic nitrogens is 3. The quantitative estimate of drug-likeness (QED) is 0.315. The Bertz CT molecular complexity index is 1440. The van der Waals surface area contributed by atoms with Gasteiger partial charge in [-0.15, -0.1) is 24.8 Å². The molecule has 5 rings (SSSR count). The molecule has 40 heavy (non-hydrogen) atoms. The minimum atomic E-state index is -4.78. The van der Waals surface area contributed by atoms with Gasteiger partial charge in [0, 0.05) is 48.6 Å². The first kappa shape index (κ1) is 27.5. The fourth-order valence-corrected chi connectivity index (χ4v) is 6.06. The third-order valence-electron chi connectivity index (χ3n) is 7.40. The summed E-state index contributed by atoms with van der Waals surface area (Å²) >= 11 is 6.72. The number of alkyl halides is 4. The second-order valence-corrected chi connectivity index (χ2v) is 10.2. The molecule has 210 valence electrons. The van der Waals surface area contributed by atoms with Crippen LogP contribution < -0.4 is 10.5 Å². The molecule has 0 fully saturated rings. The molecule has 9 nitrogen and oxygen atoms in total. The van der Waals surface area contributed by atoms with Crippen LogP contribution in [0.4, 0.5) is 13.2 Å². The Balaban J connectivity index is 1.49. The number of rotatable bonds is 8. The Morgan fingerprint density at radius 1 is 1.25 bits per heavy atom. The molecule has 3 unspecified atom stereocenters. The molecule has 1 aromatic carbocycles. The van der Waals surface area contributed by atoms with Crippen molar-refractivity contribution in [2.24, 2.45) is 5.73 Å². The first-order valence-corrected chi connectivity index (χ1v) is 13.0. The number of ether oxygens (including phenoxy) is 1. The van der Waals surface area contributed by atoms with E-state index in [9.17, 15) is 22.8 Å². The number of nitrogens with zero attached hydrogens (tertiary/aromatic N) is 5. The maximum absolute atomic E-state index is 12.6. The standard InChI is InChI=1S/C27H26ClF3N6O3/c1-2-26(24-21(25(32)39)4-3-9-33-24)35(10-11-36(26)16-38)15-17-12-18(28)13-23-22(17)14-34-37(23)19-5-7-20(8-6-19)40-27(29,30)31/h3-11,14,16-18H,2,12-13,15H2,1H3,(H2,32,39). The van der Waals surface area contributed by atoms with Gasteiger partial charge in [0.25, 0.3) is 5.91 Å². The van der Waals surface area contributed by atoms with E-state index in [-0.39, 0.29) is 22.6 Å². The van der Waals surface area contributed by atoms with E-state index in [0.29, 0.717) is 43.6 Å². The molecule has 0 radical (unpaired) electrons. The summed E-state index contributed by atoms with van der Waals surface area (Å²) in [6, 6.07) is 8.67. The van der Waals surface area contributed by atoms with Gasteiger partial charge < -0.3 is 15.4 Å². The van der Waals surface area contributed by atoms with Gasteiger partial charge in [0.05, 0.1) is 23.1 Å². The molecule has 2 N–H and O–H groups in total. The number of hydrogen-bond acceptors (Lipinski definition) is 6. The van der Waals surface area contributed by atoms with Crippen LogP contribution in [0.15, 0.2) is 61.2 Å². The van der Waals surface area contributed by atoms with E-state index < -0.39 is 17.9 Å². The maximum atomic E-state index is 12.6. The number of carbonyl (C=O) groups is 2. The lowest BCUT2D eigenvalue weighted by molar-refractivity contribution is -0.274. The molecular weight excluding hydrogens is 549 g/mol. The molecule has 2 aliphatic rings. The molecule has 3 atom stereocenters. The molecular formula is C27H26ClF3N6O3. The van der Waals surface area contributed by atoms with Crippen molar-refractivity contribution >= 4 is 23.9 Å². The first-order chi connectivity index (χ1) is 19.1. The van der Waals surface area contributed by atoms with Crippen molar-refractivity contribution in [2.75, 3.05) is 6.54 Å². The summed E-state index contributed by atoms with van der Waals surface area (Å²) in [5.41, 5.74) is 7.52. The molecule has 3 aromatic rings. The van der Waals surface area contributed by atoms with E-state index in [0.717, 1.165) is 11.3 Å². The summed E-state index contributed by atoms with van der Waals surface area (Å²) in [4.78, 5) is 32.4. The van der Waals surface area contributed by atoms with E-state index in [4.69, 9.17) is 17.3 Å². The minimum Gasteiger partial charge on any atom is -0.406 e. The van der Waals surface area contributed by atoms with Crippen molar-refractivity contribution in [3.8, 4) is 11.4 Å².